The van der Waals surface area contributed by atoms with Crippen LogP contribution in [0.5, 0.6) is 0 Å². The second-order valence-electron chi connectivity index (χ2n) is 6.38. The second-order valence-corrected chi connectivity index (χ2v) is 6.38. The molecule has 0 radical (unpaired) electrons. The van der Waals surface area contributed by atoms with Gasteiger partial charge in [-0.05, 0) is 32.2 Å². The summed E-state index contributed by atoms with van der Waals surface area (Å²) in [4.78, 5) is 4.69. The number of nitrogens with one attached hydrogen (secondary N) is 1. The summed E-state index contributed by atoms with van der Waals surface area (Å²) in [5.41, 5.74) is 0. The third kappa shape index (κ3) is 5.42. The Morgan fingerprint density at radius 1 is 1.14 bits per heavy atom. The van der Waals surface area contributed by atoms with E-state index in [1.807, 2.05) is 0 Å². The van der Waals surface area contributed by atoms with Crippen molar-refractivity contribution in [2.75, 3.05) is 6.54 Å². The minimum absolute atomic E-state index is 0.470. The highest BCUT2D eigenvalue weighted by Crippen LogP contribution is 2.29. The highest BCUT2D eigenvalue weighted by atomic mass is 16.5. The summed E-state index contributed by atoms with van der Waals surface area (Å²) >= 11 is 0. The summed E-state index contributed by atoms with van der Waals surface area (Å²) in [5.74, 6) is 2.30. The zero-order valence-electron chi connectivity index (χ0n) is 13.7. The molecule has 1 N–H and O–H groups in total. The third-order valence-corrected chi connectivity index (χ3v) is 4.45. The lowest BCUT2D eigenvalue weighted by Crippen LogP contribution is -2.31. The molecule has 1 atom stereocenters. The highest BCUT2D eigenvalue weighted by molar-refractivity contribution is 4.97. The zero-order chi connectivity index (χ0) is 14.9. The van der Waals surface area contributed by atoms with Crippen molar-refractivity contribution in [1.82, 2.24) is 15.5 Å². The SMILES string of the molecule is CCCNC(CCC)Cc1nc(C2CCCCCC2)no1. The van der Waals surface area contributed by atoms with E-state index in [1.54, 1.807) is 0 Å². The van der Waals surface area contributed by atoms with Gasteiger partial charge in [0.05, 0.1) is 0 Å². The van der Waals surface area contributed by atoms with Gasteiger partial charge < -0.3 is 9.84 Å². The molecule has 0 aliphatic heterocycles. The first-order valence-corrected chi connectivity index (χ1v) is 8.89. The number of hydrogen-bond acceptors (Lipinski definition) is 4. The van der Waals surface area contributed by atoms with Crippen LogP contribution in [0.1, 0.15) is 89.3 Å². The molecule has 120 valence electrons. The maximum atomic E-state index is 5.51. The molecule has 0 bridgehead atoms. The van der Waals surface area contributed by atoms with Gasteiger partial charge in [-0.25, -0.2) is 0 Å². The summed E-state index contributed by atoms with van der Waals surface area (Å²) in [6.07, 6.45) is 12.2. The second kappa shape index (κ2) is 9.19. The average Bonchev–Trinajstić information content (AvgIpc) is 2.78. The topological polar surface area (TPSA) is 51.0 Å². The van der Waals surface area contributed by atoms with Gasteiger partial charge in [-0.3, -0.25) is 0 Å². The van der Waals surface area contributed by atoms with E-state index in [2.05, 4.69) is 29.3 Å². The van der Waals surface area contributed by atoms with Gasteiger partial charge in [0.2, 0.25) is 5.89 Å². The fourth-order valence-electron chi connectivity index (χ4n) is 3.24. The van der Waals surface area contributed by atoms with Gasteiger partial charge in [-0.2, -0.15) is 4.98 Å². The Bertz CT molecular complexity index is 383. The van der Waals surface area contributed by atoms with Gasteiger partial charge in [0.25, 0.3) is 0 Å². The van der Waals surface area contributed by atoms with Crippen LogP contribution in [-0.2, 0) is 6.42 Å². The fourth-order valence-corrected chi connectivity index (χ4v) is 3.24. The summed E-state index contributed by atoms with van der Waals surface area (Å²) in [7, 11) is 0. The highest BCUT2D eigenvalue weighted by Gasteiger charge is 2.21. The smallest absolute Gasteiger partial charge is 0.228 e. The summed E-state index contributed by atoms with van der Waals surface area (Å²) in [6, 6.07) is 0.470. The summed E-state index contributed by atoms with van der Waals surface area (Å²) < 4.78 is 5.51. The van der Waals surface area contributed by atoms with Crippen LogP contribution in [0.3, 0.4) is 0 Å². The van der Waals surface area contributed by atoms with E-state index in [-0.39, 0.29) is 0 Å². The van der Waals surface area contributed by atoms with E-state index in [0.717, 1.165) is 31.1 Å². The minimum Gasteiger partial charge on any atom is -0.339 e. The quantitative estimate of drug-likeness (QED) is 0.729. The Balaban J connectivity index is 1.90. The van der Waals surface area contributed by atoms with Crippen molar-refractivity contribution in [3.8, 4) is 0 Å². The standard InChI is InChI=1S/C17H31N3O/c1-3-9-15(18-12-4-2)13-16-19-17(20-21-16)14-10-7-5-6-8-11-14/h14-15,18H,3-13H2,1-2H3. The Labute approximate surface area is 129 Å². The molecule has 4 heteroatoms. The monoisotopic (exact) mass is 293 g/mol. The van der Waals surface area contributed by atoms with Crippen LogP contribution < -0.4 is 5.32 Å². The minimum atomic E-state index is 0.470. The zero-order valence-corrected chi connectivity index (χ0v) is 13.7. The molecule has 1 aromatic heterocycles. The van der Waals surface area contributed by atoms with E-state index in [1.165, 1.54) is 51.4 Å². The van der Waals surface area contributed by atoms with Gasteiger partial charge in [0.1, 0.15) is 0 Å². The Morgan fingerprint density at radius 3 is 2.57 bits per heavy atom. The van der Waals surface area contributed by atoms with Crippen molar-refractivity contribution in [3.63, 3.8) is 0 Å². The normalized spacial score (nSPS) is 18.6. The maximum Gasteiger partial charge on any atom is 0.228 e. The van der Waals surface area contributed by atoms with Gasteiger partial charge >= 0.3 is 0 Å². The van der Waals surface area contributed by atoms with Crippen molar-refractivity contribution in [3.05, 3.63) is 11.7 Å². The predicted molar refractivity (Wildman–Crippen MR) is 85.4 cm³/mol. The number of aromatic nitrogens is 2. The van der Waals surface area contributed by atoms with Gasteiger partial charge in [-0.1, -0.05) is 51.1 Å². The van der Waals surface area contributed by atoms with Gasteiger partial charge in [0, 0.05) is 18.4 Å². The van der Waals surface area contributed by atoms with Crippen LogP contribution in [0.25, 0.3) is 0 Å². The van der Waals surface area contributed by atoms with Crippen LogP contribution in [0.15, 0.2) is 4.52 Å². The van der Waals surface area contributed by atoms with E-state index in [0.29, 0.717) is 12.0 Å². The van der Waals surface area contributed by atoms with Gasteiger partial charge in [0.15, 0.2) is 5.82 Å². The lowest BCUT2D eigenvalue weighted by molar-refractivity contribution is 0.343. The molecule has 4 nitrogen and oxygen atoms in total. The Morgan fingerprint density at radius 2 is 1.90 bits per heavy atom. The molecule has 1 aliphatic rings. The van der Waals surface area contributed by atoms with Crippen molar-refractivity contribution in [1.29, 1.82) is 0 Å². The Kier molecular flexibility index (Phi) is 7.20. The van der Waals surface area contributed by atoms with E-state index >= 15 is 0 Å². The van der Waals surface area contributed by atoms with E-state index < -0.39 is 0 Å². The lowest BCUT2D eigenvalue weighted by atomic mass is 10.00. The molecule has 1 aliphatic carbocycles. The molecule has 21 heavy (non-hydrogen) atoms. The van der Waals surface area contributed by atoms with Crippen LogP contribution in [-0.4, -0.2) is 22.7 Å². The number of rotatable bonds is 8. The van der Waals surface area contributed by atoms with Crippen molar-refractivity contribution in [2.24, 2.45) is 0 Å². The first-order chi connectivity index (χ1) is 10.3. The van der Waals surface area contributed by atoms with Crippen molar-refractivity contribution < 1.29 is 4.52 Å². The lowest BCUT2D eigenvalue weighted by Gasteiger charge is -2.15. The molecule has 1 saturated carbocycles. The van der Waals surface area contributed by atoms with Crippen LogP contribution in [0.4, 0.5) is 0 Å². The molecule has 2 rings (SSSR count). The van der Waals surface area contributed by atoms with Crippen molar-refractivity contribution in [2.45, 2.75) is 90.0 Å². The molecule has 1 aromatic rings. The third-order valence-electron chi connectivity index (χ3n) is 4.45. The molecule has 1 fully saturated rings. The maximum absolute atomic E-state index is 5.51. The fraction of sp³-hybridized carbons (Fsp3) is 0.882. The van der Waals surface area contributed by atoms with Crippen molar-refractivity contribution >= 4 is 0 Å². The van der Waals surface area contributed by atoms with Crippen LogP contribution in [0.2, 0.25) is 0 Å². The largest absolute Gasteiger partial charge is 0.339 e. The molecule has 0 spiro atoms. The van der Waals surface area contributed by atoms with E-state index in [4.69, 9.17) is 4.52 Å². The number of hydrogen-bond donors (Lipinski definition) is 1. The molecular formula is C17H31N3O. The molecular weight excluding hydrogens is 262 g/mol. The average molecular weight is 293 g/mol. The molecule has 0 amide bonds. The summed E-state index contributed by atoms with van der Waals surface area (Å²) in [6.45, 7) is 5.49. The van der Waals surface area contributed by atoms with E-state index in [9.17, 15) is 0 Å². The molecule has 1 unspecified atom stereocenters. The van der Waals surface area contributed by atoms with Crippen LogP contribution in [0, 0.1) is 0 Å². The van der Waals surface area contributed by atoms with Gasteiger partial charge in [-0.15, -0.1) is 0 Å². The predicted octanol–water partition coefficient (Wildman–Crippen LogP) is 4.22. The molecule has 0 aromatic carbocycles. The number of nitrogens with zero attached hydrogens (tertiary/aromatic N) is 2. The molecule has 1 heterocycles. The molecule has 0 saturated heterocycles. The van der Waals surface area contributed by atoms with Crippen LogP contribution >= 0.6 is 0 Å². The summed E-state index contributed by atoms with van der Waals surface area (Å²) in [5, 5.41) is 7.85. The Hall–Kier alpha value is -0.900. The first-order valence-electron chi connectivity index (χ1n) is 8.89. The first kappa shape index (κ1) is 16.5.